The Bertz CT molecular complexity index is 728. The Balaban J connectivity index is 1.57. The average Bonchev–Trinajstić information content (AvgIpc) is 2.99. The fourth-order valence-corrected chi connectivity index (χ4v) is 2.49. The van der Waals surface area contributed by atoms with Gasteiger partial charge >= 0.3 is 0 Å². The highest BCUT2D eigenvalue weighted by Crippen LogP contribution is 2.32. The molecule has 1 amide bonds. The Labute approximate surface area is 136 Å². The molecule has 2 aromatic rings. The van der Waals surface area contributed by atoms with Crippen LogP contribution < -0.4 is 14.8 Å². The van der Waals surface area contributed by atoms with E-state index in [-0.39, 0.29) is 12.7 Å². The molecule has 112 valence electrons. The van der Waals surface area contributed by atoms with Gasteiger partial charge in [-0.2, -0.15) is 0 Å². The Morgan fingerprint density at radius 1 is 1.18 bits per heavy atom. The Morgan fingerprint density at radius 3 is 2.86 bits per heavy atom. The third kappa shape index (κ3) is 3.49. The summed E-state index contributed by atoms with van der Waals surface area (Å²) in [5.41, 5.74) is 1.92. The van der Waals surface area contributed by atoms with Crippen LogP contribution in [0.15, 0.2) is 53.0 Å². The summed E-state index contributed by atoms with van der Waals surface area (Å²) >= 11 is 3.44. The lowest BCUT2D eigenvalue weighted by Crippen LogP contribution is -2.20. The van der Waals surface area contributed by atoms with Crippen molar-refractivity contribution in [3.8, 4) is 11.5 Å². The number of amides is 1. The molecule has 3 rings (SSSR count). The van der Waals surface area contributed by atoms with Crippen molar-refractivity contribution in [3.63, 3.8) is 0 Å². The van der Waals surface area contributed by atoms with E-state index in [9.17, 15) is 4.79 Å². The van der Waals surface area contributed by atoms with Crippen molar-refractivity contribution in [2.45, 2.75) is 6.54 Å². The van der Waals surface area contributed by atoms with Gasteiger partial charge in [-0.3, -0.25) is 4.79 Å². The lowest BCUT2D eigenvalue weighted by molar-refractivity contribution is -0.116. The van der Waals surface area contributed by atoms with E-state index in [4.69, 9.17) is 9.47 Å². The first-order valence-corrected chi connectivity index (χ1v) is 7.60. The van der Waals surface area contributed by atoms with Crippen molar-refractivity contribution in [2.75, 3.05) is 6.79 Å². The van der Waals surface area contributed by atoms with Crippen LogP contribution in [0.5, 0.6) is 11.5 Å². The lowest BCUT2D eigenvalue weighted by atomic mass is 10.2. The van der Waals surface area contributed by atoms with Gasteiger partial charge in [0.05, 0.1) is 0 Å². The smallest absolute Gasteiger partial charge is 0.244 e. The molecule has 1 aliphatic heterocycles. The normalized spacial score (nSPS) is 12.6. The predicted molar refractivity (Wildman–Crippen MR) is 87.6 cm³/mol. The second-order valence-electron chi connectivity index (χ2n) is 4.76. The molecule has 22 heavy (non-hydrogen) atoms. The standard InChI is InChI=1S/C17H14BrNO3/c18-14-4-2-1-3-13(14)6-8-17(20)19-10-12-5-7-15-16(9-12)22-11-21-15/h1-9H,10-11H2,(H,19,20)/b8-6+. The molecule has 5 heteroatoms. The molecule has 0 saturated carbocycles. The molecule has 1 heterocycles. The van der Waals surface area contributed by atoms with E-state index in [1.54, 1.807) is 6.08 Å². The van der Waals surface area contributed by atoms with Gasteiger partial charge in [-0.15, -0.1) is 0 Å². The van der Waals surface area contributed by atoms with Gasteiger partial charge in [0, 0.05) is 17.1 Å². The monoisotopic (exact) mass is 359 g/mol. The first-order valence-electron chi connectivity index (χ1n) is 6.81. The highest BCUT2D eigenvalue weighted by Gasteiger charge is 2.13. The molecule has 0 spiro atoms. The second-order valence-corrected chi connectivity index (χ2v) is 5.61. The first kappa shape index (κ1) is 14.7. The van der Waals surface area contributed by atoms with Crippen LogP contribution in [0.25, 0.3) is 6.08 Å². The molecule has 1 N–H and O–H groups in total. The number of nitrogens with one attached hydrogen (secondary N) is 1. The van der Waals surface area contributed by atoms with E-state index >= 15 is 0 Å². The van der Waals surface area contributed by atoms with Gasteiger partial charge in [-0.1, -0.05) is 40.2 Å². The first-order chi connectivity index (χ1) is 10.7. The zero-order valence-corrected chi connectivity index (χ0v) is 13.3. The van der Waals surface area contributed by atoms with Crippen LogP contribution in [-0.4, -0.2) is 12.7 Å². The molecular formula is C17H14BrNO3. The van der Waals surface area contributed by atoms with Gasteiger partial charge in [0.15, 0.2) is 11.5 Å². The maximum atomic E-state index is 11.9. The molecule has 1 aliphatic rings. The minimum absolute atomic E-state index is 0.145. The summed E-state index contributed by atoms with van der Waals surface area (Å²) in [4.78, 5) is 11.9. The summed E-state index contributed by atoms with van der Waals surface area (Å²) in [6.07, 6.45) is 3.30. The molecule has 0 aliphatic carbocycles. The molecule has 4 nitrogen and oxygen atoms in total. The van der Waals surface area contributed by atoms with Crippen LogP contribution in [0.1, 0.15) is 11.1 Å². The minimum Gasteiger partial charge on any atom is -0.454 e. The van der Waals surface area contributed by atoms with Crippen LogP contribution in [0.2, 0.25) is 0 Å². The third-order valence-corrected chi connectivity index (χ3v) is 3.95. The van der Waals surface area contributed by atoms with E-state index < -0.39 is 0 Å². The van der Waals surface area contributed by atoms with Crippen molar-refractivity contribution in [1.29, 1.82) is 0 Å². The van der Waals surface area contributed by atoms with Gasteiger partial charge in [0.1, 0.15) is 0 Å². The number of benzene rings is 2. The van der Waals surface area contributed by atoms with Gasteiger partial charge in [0.2, 0.25) is 12.7 Å². The molecule has 0 radical (unpaired) electrons. The summed E-state index contributed by atoms with van der Waals surface area (Å²) in [5.74, 6) is 1.31. The fourth-order valence-electron chi connectivity index (χ4n) is 2.07. The molecule has 0 unspecified atom stereocenters. The Morgan fingerprint density at radius 2 is 2.00 bits per heavy atom. The number of hydrogen-bond acceptors (Lipinski definition) is 3. The Kier molecular flexibility index (Phi) is 4.44. The second kappa shape index (κ2) is 6.66. The van der Waals surface area contributed by atoms with Gasteiger partial charge in [0.25, 0.3) is 0 Å². The van der Waals surface area contributed by atoms with Crippen LogP contribution in [-0.2, 0) is 11.3 Å². The van der Waals surface area contributed by atoms with E-state index in [0.29, 0.717) is 6.54 Å². The number of halogens is 1. The lowest BCUT2D eigenvalue weighted by Gasteiger charge is -2.04. The van der Waals surface area contributed by atoms with Gasteiger partial charge in [-0.05, 0) is 35.4 Å². The summed E-state index contributed by atoms with van der Waals surface area (Å²) in [6, 6.07) is 13.4. The van der Waals surface area contributed by atoms with Crippen LogP contribution in [0, 0.1) is 0 Å². The van der Waals surface area contributed by atoms with Crippen molar-refractivity contribution in [2.24, 2.45) is 0 Å². The number of carbonyl (C=O) groups is 1. The average molecular weight is 360 g/mol. The van der Waals surface area contributed by atoms with Crippen molar-refractivity contribution in [1.82, 2.24) is 5.32 Å². The van der Waals surface area contributed by atoms with E-state index in [1.807, 2.05) is 42.5 Å². The topological polar surface area (TPSA) is 47.6 Å². The Hall–Kier alpha value is -2.27. The number of fused-ring (bicyclic) bond motifs is 1. The molecule has 0 bridgehead atoms. The zero-order valence-electron chi connectivity index (χ0n) is 11.7. The fraction of sp³-hybridized carbons (Fsp3) is 0.118. The molecule has 2 aromatic carbocycles. The maximum absolute atomic E-state index is 11.9. The van der Waals surface area contributed by atoms with E-state index in [2.05, 4.69) is 21.2 Å². The molecule has 0 saturated heterocycles. The predicted octanol–water partition coefficient (Wildman–Crippen LogP) is 3.51. The summed E-state index contributed by atoms with van der Waals surface area (Å²) < 4.78 is 11.5. The largest absolute Gasteiger partial charge is 0.454 e. The SMILES string of the molecule is O=C(/C=C/c1ccccc1Br)NCc1ccc2c(c1)OCO2. The number of hydrogen-bond donors (Lipinski definition) is 1. The van der Waals surface area contributed by atoms with Gasteiger partial charge in [-0.25, -0.2) is 0 Å². The highest BCUT2D eigenvalue weighted by atomic mass is 79.9. The van der Waals surface area contributed by atoms with Crippen molar-refractivity contribution < 1.29 is 14.3 Å². The van der Waals surface area contributed by atoms with Crippen LogP contribution in [0.4, 0.5) is 0 Å². The quantitative estimate of drug-likeness (QED) is 0.849. The molecule has 0 atom stereocenters. The van der Waals surface area contributed by atoms with E-state index in [0.717, 1.165) is 27.1 Å². The van der Waals surface area contributed by atoms with Crippen LogP contribution in [0.3, 0.4) is 0 Å². The van der Waals surface area contributed by atoms with Crippen molar-refractivity contribution in [3.05, 3.63) is 64.1 Å². The van der Waals surface area contributed by atoms with Crippen LogP contribution >= 0.6 is 15.9 Å². The third-order valence-electron chi connectivity index (χ3n) is 3.22. The molecular weight excluding hydrogens is 346 g/mol. The highest BCUT2D eigenvalue weighted by molar-refractivity contribution is 9.10. The number of ether oxygens (including phenoxy) is 2. The molecule has 0 fully saturated rings. The molecule has 0 aromatic heterocycles. The van der Waals surface area contributed by atoms with Gasteiger partial charge < -0.3 is 14.8 Å². The number of carbonyl (C=O) groups excluding carboxylic acids is 1. The van der Waals surface area contributed by atoms with Crippen molar-refractivity contribution >= 4 is 27.9 Å². The summed E-state index contributed by atoms with van der Waals surface area (Å²) in [7, 11) is 0. The maximum Gasteiger partial charge on any atom is 0.244 e. The summed E-state index contributed by atoms with van der Waals surface area (Å²) in [5, 5.41) is 2.84. The number of rotatable bonds is 4. The minimum atomic E-state index is -0.145. The zero-order chi connectivity index (χ0) is 15.4. The summed E-state index contributed by atoms with van der Waals surface area (Å²) in [6.45, 7) is 0.690. The van der Waals surface area contributed by atoms with E-state index in [1.165, 1.54) is 6.08 Å².